The second-order valence-corrected chi connectivity index (χ2v) is 9.59. The van der Waals surface area contributed by atoms with E-state index in [1.807, 2.05) is 32.0 Å². The van der Waals surface area contributed by atoms with Crippen molar-refractivity contribution in [3.8, 4) is 5.75 Å². The zero-order valence-electron chi connectivity index (χ0n) is 17.4. The fourth-order valence-electron chi connectivity index (χ4n) is 2.92. The van der Waals surface area contributed by atoms with Crippen LogP contribution in [0.25, 0.3) is 0 Å². The first-order valence-corrected chi connectivity index (χ1v) is 10.6. The lowest BCUT2D eigenvalue weighted by atomic mass is 10.0. The van der Waals surface area contributed by atoms with Gasteiger partial charge < -0.3 is 10.1 Å². The Balaban J connectivity index is 2.42. The van der Waals surface area contributed by atoms with E-state index in [4.69, 9.17) is 4.74 Å². The Kier molecular flexibility index (Phi) is 6.54. The van der Waals surface area contributed by atoms with Crippen molar-refractivity contribution in [3.63, 3.8) is 0 Å². The molecule has 0 radical (unpaired) electrons. The van der Waals surface area contributed by atoms with Crippen LogP contribution in [0.5, 0.6) is 5.75 Å². The molecular formula is C20H27N3O5S. The fourth-order valence-corrected chi connectivity index (χ4v) is 4.35. The molecule has 0 bridgehead atoms. The molecule has 0 spiro atoms. The number of methoxy groups -OCH3 is 1. The highest BCUT2D eigenvalue weighted by Crippen LogP contribution is 2.33. The number of anilines is 1. The normalized spacial score (nSPS) is 13.0. The van der Waals surface area contributed by atoms with Crippen molar-refractivity contribution in [2.24, 2.45) is 0 Å². The number of benzene rings is 2. The molecule has 29 heavy (non-hydrogen) atoms. The summed E-state index contributed by atoms with van der Waals surface area (Å²) in [7, 11) is -2.33. The topological polar surface area (TPSA) is 111 Å². The number of nitro benzene ring substituents is 1. The summed E-state index contributed by atoms with van der Waals surface area (Å²) in [5.74, 6) is 0.659. The highest BCUT2D eigenvalue weighted by molar-refractivity contribution is 7.89. The summed E-state index contributed by atoms with van der Waals surface area (Å²) in [6.07, 6.45) is 0. The lowest BCUT2D eigenvalue weighted by Crippen LogP contribution is -2.40. The average Bonchev–Trinajstić information content (AvgIpc) is 2.59. The van der Waals surface area contributed by atoms with Crippen molar-refractivity contribution in [1.82, 2.24) is 4.72 Å². The van der Waals surface area contributed by atoms with Crippen LogP contribution in [0, 0.1) is 17.0 Å². The van der Waals surface area contributed by atoms with E-state index in [1.165, 1.54) is 12.1 Å². The lowest BCUT2D eigenvalue weighted by molar-refractivity contribution is -0.384. The Bertz CT molecular complexity index is 1010. The summed E-state index contributed by atoms with van der Waals surface area (Å²) in [5, 5.41) is 14.7. The molecule has 0 fully saturated rings. The molecule has 0 aromatic heterocycles. The molecule has 2 aromatic carbocycles. The zero-order valence-corrected chi connectivity index (χ0v) is 18.3. The maximum Gasteiger partial charge on any atom is 0.293 e. The van der Waals surface area contributed by atoms with Crippen LogP contribution >= 0.6 is 0 Å². The van der Waals surface area contributed by atoms with Crippen LogP contribution in [0.1, 0.15) is 44.9 Å². The molecule has 8 nitrogen and oxygen atoms in total. The number of hydrogen-bond acceptors (Lipinski definition) is 6. The SMILES string of the molecule is COc1ccc(C)cc1[C@@H](C)Nc1ccc(S(=O)(=O)NC(C)(C)C)cc1[N+](=O)[O-]. The van der Waals surface area contributed by atoms with E-state index < -0.39 is 20.5 Å². The van der Waals surface area contributed by atoms with Crippen molar-refractivity contribution in [2.75, 3.05) is 12.4 Å². The second-order valence-electron chi connectivity index (χ2n) is 7.90. The van der Waals surface area contributed by atoms with E-state index in [2.05, 4.69) is 10.0 Å². The number of rotatable bonds is 7. The summed E-state index contributed by atoms with van der Waals surface area (Å²) in [4.78, 5) is 10.8. The molecule has 2 N–H and O–H groups in total. The molecule has 0 aliphatic carbocycles. The predicted octanol–water partition coefficient (Wildman–Crippen LogP) is 4.16. The van der Waals surface area contributed by atoms with Crippen LogP contribution in [0.4, 0.5) is 11.4 Å². The highest BCUT2D eigenvalue weighted by Gasteiger charge is 2.26. The van der Waals surface area contributed by atoms with Gasteiger partial charge in [-0.2, -0.15) is 0 Å². The number of nitrogens with zero attached hydrogens (tertiary/aromatic N) is 1. The first-order valence-electron chi connectivity index (χ1n) is 9.07. The van der Waals surface area contributed by atoms with Gasteiger partial charge in [-0.15, -0.1) is 0 Å². The van der Waals surface area contributed by atoms with Gasteiger partial charge in [0.2, 0.25) is 10.0 Å². The highest BCUT2D eigenvalue weighted by atomic mass is 32.2. The summed E-state index contributed by atoms with van der Waals surface area (Å²) < 4.78 is 32.9. The standard InChI is InChI=1S/C20H27N3O5S/c1-13-7-10-19(28-6)16(11-13)14(2)21-17-9-8-15(12-18(17)23(24)25)29(26,27)22-20(3,4)5/h7-12,14,21-22H,1-6H3/t14-/m1/s1. The Morgan fingerprint density at radius 3 is 2.34 bits per heavy atom. The lowest BCUT2D eigenvalue weighted by Gasteiger charge is -2.21. The van der Waals surface area contributed by atoms with Gasteiger partial charge in [-0.05, 0) is 52.8 Å². The summed E-state index contributed by atoms with van der Waals surface area (Å²) >= 11 is 0. The largest absolute Gasteiger partial charge is 0.496 e. The molecule has 1 atom stereocenters. The van der Waals surface area contributed by atoms with Crippen molar-refractivity contribution >= 4 is 21.4 Å². The fraction of sp³-hybridized carbons (Fsp3) is 0.400. The van der Waals surface area contributed by atoms with Gasteiger partial charge in [-0.25, -0.2) is 13.1 Å². The van der Waals surface area contributed by atoms with Crippen molar-refractivity contribution < 1.29 is 18.1 Å². The summed E-state index contributed by atoms with van der Waals surface area (Å²) in [5.41, 5.74) is 1.06. The van der Waals surface area contributed by atoms with Crippen LogP contribution in [0.3, 0.4) is 0 Å². The maximum absolute atomic E-state index is 12.5. The second kappa shape index (κ2) is 8.38. The van der Waals surface area contributed by atoms with Crippen molar-refractivity contribution in [3.05, 3.63) is 57.6 Å². The minimum absolute atomic E-state index is 0.162. The third kappa shape index (κ3) is 5.68. The van der Waals surface area contributed by atoms with Gasteiger partial charge in [0.1, 0.15) is 11.4 Å². The van der Waals surface area contributed by atoms with Crippen LogP contribution in [0.15, 0.2) is 41.3 Å². The molecule has 0 saturated carbocycles. The van der Waals surface area contributed by atoms with E-state index in [9.17, 15) is 18.5 Å². The minimum Gasteiger partial charge on any atom is -0.496 e. The van der Waals surface area contributed by atoms with Crippen molar-refractivity contribution in [1.29, 1.82) is 0 Å². The Labute approximate surface area is 171 Å². The van der Waals surface area contributed by atoms with Crippen LogP contribution in [0.2, 0.25) is 0 Å². The molecule has 0 saturated heterocycles. The maximum atomic E-state index is 12.5. The van der Waals surface area contributed by atoms with Gasteiger partial charge in [0.25, 0.3) is 5.69 Å². The van der Waals surface area contributed by atoms with Gasteiger partial charge in [0.05, 0.1) is 23.0 Å². The van der Waals surface area contributed by atoms with Crippen LogP contribution in [-0.2, 0) is 10.0 Å². The van der Waals surface area contributed by atoms with Gasteiger partial charge in [-0.3, -0.25) is 10.1 Å². The number of hydrogen-bond donors (Lipinski definition) is 2. The van der Waals surface area contributed by atoms with Gasteiger partial charge in [-0.1, -0.05) is 17.7 Å². The molecular weight excluding hydrogens is 394 g/mol. The smallest absolute Gasteiger partial charge is 0.293 e. The summed E-state index contributed by atoms with van der Waals surface area (Å²) in [6, 6.07) is 9.21. The third-order valence-electron chi connectivity index (χ3n) is 4.14. The van der Waals surface area contributed by atoms with E-state index in [0.717, 1.165) is 17.2 Å². The third-order valence-corrected chi connectivity index (χ3v) is 5.90. The van der Waals surface area contributed by atoms with Gasteiger partial charge >= 0.3 is 0 Å². The summed E-state index contributed by atoms with van der Waals surface area (Å²) in [6.45, 7) is 8.90. The van der Waals surface area contributed by atoms with E-state index in [0.29, 0.717) is 5.75 Å². The van der Waals surface area contributed by atoms with Crippen LogP contribution in [-0.4, -0.2) is 26.0 Å². The van der Waals surface area contributed by atoms with E-state index in [-0.39, 0.29) is 22.3 Å². The number of nitrogens with one attached hydrogen (secondary N) is 2. The Morgan fingerprint density at radius 1 is 1.14 bits per heavy atom. The molecule has 0 aliphatic heterocycles. The van der Waals surface area contributed by atoms with Gasteiger partial charge in [0, 0.05) is 17.2 Å². The molecule has 2 aromatic rings. The quantitative estimate of drug-likeness (QED) is 0.513. The molecule has 0 aliphatic rings. The number of aryl methyl sites for hydroxylation is 1. The molecule has 2 rings (SSSR count). The Hall–Kier alpha value is -2.65. The van der Waals surface area contributed by atoms with Gasteiger partial charge in [0.15, 0.2) is 0 Å². The minimum atomic E-state index is -3.89. The Morgan fingerprint density at radius 2 is 1.79 bits per heavy atom. The molecule has 0 heterocycles. The van der Waals surface area contributed by atoms with Crippen LogP contribution < -0.4 is 14.8 Å². The number of sulfonamides is 1. The van der Waals surface area contributed by atoms with E-state index in [1.54, 1.807) is 27.9 Å². The van der Waals surface area contributed by atoms with E-state index >= 15 is 0 Å². The molecule has 9 heteroatoms. The predicted molar refractivity (Wildman–Crippen MR) is 113 cm³/mol. The average molecular weight is 422 g/mol. The first kappa shape index (κ1) is 22.6. The zero-order chi connectivity index (χ0) is 22.0. The van der Waals surface area contributed by atoms with Crippen molar-refractivity contribution in [2.45, 2.75) is 51.1 Å². The molecule has 0 amide bonds. The monoisotopic (exact) mass is 421 g/mol. The first-order chi connectivity index (χ1) is 13.3. The number of ether oxygens (including phenoxy) is 1. The molecule has 158 valence electrons. The molecule has 0 unspecified atom stereocenters. The number of nitro groups is 1.